The molecular formula is C26H39N7O3. The topological polar surface area (TPSA) is 97.6 Å². The molecule has 1 saturated carbocycles. The molecule has 1 N–H and O–H groups in total. The summed E-state index contributed by atoms with van der Waals surface area (Å²) in [4.78, 5) is 30.7. The molecule has 6 rings (SSSR count). The van der Waals surface area contributed by atoms with Crippen molar-refractivity contribution >= 4 is 23.1 Å². The third kappa shape index (κ3) is 4.77. The summed E-state index contributed by atoms with van der Waals surface area (Å²) in [6.45, 7) is 9.34. The van der Waals surface area contributed by atoms with Crippen LogP contribution < -0.4 is 5.32 Å². The van der Waals surface area contributed by atoms with Crippen LogP contribution in [-0.4, -0.2) is 84.9 Å². The van der Waals surface area contributed by atoms with Gasteiger partial charge in [0.25, 0.3) is 0 Å². The summed E-state index contributed by atoms with van der Waals surface area (Å²) >= 11 is 0. The number of aromatic nitrogens is 4. The van der Waals surface area contributed by atoms with Gasteiger partial charge in [-0.15, -0.1) is 0 Å². The Morgan fingerprint density at radius 3 is 2.67 bits per heavy atom. The number of hydrogen-bond donors (Lipinski definition) is 1. The normalized spacial score (nSPS) is 26.7. The number of carbonyl (C=O) groups is 1. The maximum Gasteiger partial charge on any atom is 0.410 e. The van der Waals surface area contributed by atoms with Gasteiger partial charge in [-0.2, -0.15) is 0 Å². The number of rotatable bonds is 5. The second kappa shape index (κ2) is 9.13. The lowest BCUT2D eigenvalue weighted by atomic mass is 9.85. The Hall–Kier alpha value is -2.46. The molecular weight excluding hydrogens is 458 g/mol. The van der Waals surface area contributed by atoms with E-state index in [-0.39, 0.29) is 24.0 Å². The molecule has 3 saturated heterocycles. The van der Waals surface area contributed by atoms with E-state index in [4.69, 9.17) is 9.47 Å². The van der Waals surface area contributed by atoms with Crippen LogP contribution in [-0.2, 0) is 9.47 Å². The number of likely N-dealkylation sites (tertiary alicyclic amines) is 2. The molecule has 1 spiro atoms. The molecule has 10 heteroatoms. The molecule has 5 heterocycles. The minimum Gasteiger partial charge on any atom is -0.444 e. The Morgan fingerprint density at radius 1 is 1.11 bits per heavy atom. The lowest BCUT2D eigenvalue weighted by Gasteiger charge is -2.45. The van der Waals surface area contributed by atoms with Gasteiger partial charge in [-0.1, -0.05) is 0 Å². The number of anilines is 1. The van der Waals surface area contributed by atoms with Crippen LogP contribution >= 0.6 is 0 Å². The first-order valence-electron chi connectivity index (χ1n) is 13.6. The van der Waals surface area contributed by atoms with Crippen LogP contribution in [0.3, 0.4) is 0 Å². The highest BCUT2D eigenvalue weighted by Crippen LogP contribution is 2.41. The Morgan fingerprint density at radius 2 is 1.92 bits per heavy atom. The average Bonchev–Trinajstić information content (AvgIpc) is 3.20. The molecule has 2 aromatic heterocycles. The van der Waals surface area contributed by atoms with E-state index in [2.05, 4.69) is 29.7 Å². The predicted molar refractivity (Wildman–Crippen MR) is 136 cm³/mol. The highest BCUT2D eigenvalue weighted by Gasteiger charge is 2.45. The summed E-state index contributed by atoms with van der Waals surface area (Å²) in [5.41, 5.74) is 1.39. The molecule has 36 heavy (non-hydrogen) atoms. The van der Waals surface area contributed by atoms with Crippen molar-refractivity contribution in [2.45, 2.75) is 102 Å². The third-order valence-corrected chi connectivity index (χ3v) is 8.18. The lowest BCUT2D eigenvalue weighted by Crippen LogP contribution is -2.55. The van der Waals surface area contributed by atoms with Crippen molar-refractivity contribution in [1.29, 1.82) is 0 Å². The summed E-state index contributed by atoms with van der Waals surface area (Å²) in [6, 6.07) is 0.518. The van der Waals surface area contributed by atoms with Crippen molar-refractivity contribution in [3.05, 3.63) is 12.7 Å². The first-order chi connectivity index (χ1) is 17.3. The summed E-state index contributed by atoms with van der Waals surface area (Å²) in [7, 11) is 0. The third-order valence-electron chi connectivity index (χ3n) is 8.18. The predicted octanol–water partition coefficient (Wildman–Crippen LogP) is 3.94. The molecule has 0 aromatic carbocycles. The van der Waals surface area contributed by atoms with E-state index in [1.54, 1.807) is 6.33 Å². The summed E-state index contributed by atoms with van der Waals surface area (Å²) in [5.74, 6) is 0.826. The fourth-order valence-corrected chi connectivity index (χ4v) is 6.14. The molecule has 4 aliphatic rings. The van der Waals surface area contributed by atoms with Gasteiger partial charge < -0.3 is 19.7 Å². The zero-order valence-electron chi connectivity index (χ0n) is 21.8. The van der Waals surface area contributed by atoms with E-state index in [0.717, 1.165) is 68.8 Å². The Labute approximate surface area is 212 Å². The molecule has 2 aromatic rings. The quantitative estimate of drug-likeness (QED) is 0.663. The van der Waals surface area contributed by atoms with E-state index in [1.807, 2.05) is 32.0 Å². The zero-order valence-corrected chi connectivity index (χ0v) is 21.8. The van der Waals surface area contributed by atoms with Gasteiger partial charge >= 0.3 is 6.09 Å². The van der Waals surface area contributed by atoms with Gasteiger partial charge in [0.1, 0.15) is 18.2 Å². The number of nitrogens with one attached hydrogen (secondary N) is 1. The molecule has 2 unspecified atom stereocenters. The number of nitrogens with zero attached hydrogens (tertiary/aromatic N) is 6. The number of fused-ring (bicyclic) bond motifs is 1. The summed E-state index contributed by atoms with van der Waals surface area (Å²) in [6.07, 6.45) is 12.2. The van der Waals surface area contributed by atoms with Gasteiger partial charge in [0.05, 0.1) is 12.4 Å². The smallest absolute Gasteiger partial charge is 0.410 e. The summed E-state index contributed by atoms with van der Waals surface area (Å²) < 4.78 is 14.3. The van der Waals surface area contributed by atoms with E-state index in [0.29, 0.717) is 6.04 Å². The molecule has 196 valence electrons. The van der Waals surface area contributed by atoms with Gasteiger partial charge in [0.15, 0.2) is 17.0 Å². The van der Waals surface area contributed by atoms with Crippen LogP contribution in [0.4, 0.5) is 10.6 Å². The van der Waals surface area contributed by atoms with Crippen molar-refractivity contribution < 1.29 is 14.3 Å². The number of carbonyl (C=O) groups excluding carboxylic acids is 1. The van der Waals surface area contributed by atoms with Crippen LogP contribution in [0, 0.1) is 0 Å². The van der Waals surface area contributed by atoms with E-state index >= 15 is 0 Å². The zero-order chi connectivity index (χ0) is 24.9. The highest BCUT2D eigenvalue weighted by atomic mass is 16.6. The van der Waals surface area contributed by atoms with E-state index < -0.39 is 5.60 Å². The SMILES string of the molecule is CC(C)(C)OC(=O)N1CCC2(CCCN2CC2CCC(n3cnc4c(NC5CC5)ncnc43)O2)CC1. The van der Waals surface area contributed by atoms with Gasteiger partial charge in [-0.3, -0.25) is 9.47 Å². The van der Waals surface area contributed by atoms with Crippen molar-refractivity contribution in [3.63, 3.8) is 0 Å². The molecule has 1 amide bonds. The highest BCUT2D eigenvalue weighted by molar-refractivity contribution is 5.83. The lowest BCUT2D eigenvalue weighted by molar-refractivity contribution is -0.0365. The van der Waals surface area contributed by atoms with Gasteiger partial charge in [0.2, 0.25) is 0 Å². The van der Waals surface area contributed by atoms with Crippen molar-refractivity contribution in [3.8, 4) is 0 Å². The van der Waals surface area contributed by atoms with Crippen LogP contribution in [0.15, 0.2) is 12.7 Å². The maximum absolute atomic E-state index is 12.5. The van der Waals surface area contributed by atoms with Crippen molar-refractivity contribution in [2.24, 2.45) is 0 Å². The molecule has 10 nitrogen and oxygen atoms in total. The molecule has 4 fully saturated rings. The van der Waals surface area contributed by atoms with Crippen LogP contribution in [0.1, 0.15) is 78.4 Å². The maximum atomic E-state index is 12.5. The van der Waals surface area contributed by atoms with Crippen molar-refractivity contribution in [2.75, 3.05) is 31.5 Å². The second-order valence-electron chi connectivity index (χ2n) is 12.0. The van der Waals surface area contributed by atoms with Crippen LogP contribution in [0.2, 0.25) is 0 Å². The number of hydrogen-bond acceptors (Lipinski definition) is 8. The first kappa shape index (κ1) is 23.9. The average molecular weight is 498 g/mol. The van der Waals surface area contributed by atoms with Crippen LogP contribution in [0.5, 0.6) is 0 Å². The monoisotopic (exact) mass is 497 g/mol. The molecule has 1 aliphatic carbocycles. The second-order valence-corrected chi connectivity index (χ2v) is 12.0. The number of amides is 1. The molecule has 3 aliphatic heterocycles. The Balaban J connectivity index is 1.07. The van der Waals surface area contributed by atoms with Crippen molar-refractivity contribution in [1.82, 2.24) is 29.3 Å². The minimum absolute atomic E-state index is 0.0451. The fraction of sp³-hybridized carbons (Fsp3) is 0.769. The Kier molecular flexibility index (Phi) is 6.06. The van der Waals surface area contributed by atoms with Gasteiger partial charge in [-0.05, 0) is 78.7 Å². The van der Waals surface area contributed by atoms with E-state index in [1.165, 1.54) is 25.7 Å². The number of piperidine rings is 1. The molecule has 0 radical (unpaired) electrons. The largest absolute Gasteiger partial charge is 0.444 e. The van der Waals surface area contributed by atoms with Gasteiger partial charge in [0, 0.05) is 31.2 Å². The van der Waals surface area contributed by atoms with E-state index in [9.17, 15) is 4.79 Å². The minimum atomic E-state index is -0.455. The van der Waals surface area contributed by atoms with Crippen LogP contribution in [0.25, 0.3) is 11.2 Å². The standard InChI is InChI=1S/C26H39N7O3/c1-25(2,3)36-24(34)31-13-10-26(11-14-31)9-4-12-32(26)15-19-7-8-20(35-19)33-17-29-21-22(30-18-5-6-18)27-16-28-23(21)33/h16-20H,4-15H2,1-3H3,(H,27,28,30). The fourth-order valence-electron chi connectivity index (χ4n) is 6.14. The molecule has 0 bridgehead atoms. The molecule has 2 atom stereocenters. The van der Waals surface area contributed by atoms with Gasteiger partial charge in [-0.25, -0.2) is 19.7 Å². The summed E-state index contributed by atoms with van der Waals surface area (Å²) in [5, 5.41) is 3.47. The number of imidazole rings is 1. The number of ether oxygens (including phenoxy) is 2. The Bertz CT molecular complexity index is 1100. The first-order valence-corrected chi connectivity index (χ1v) is 13.6.